The fraction of sp³-hybridized carbons (Fsp3) is 0.250. The van der Waals surface area contributed by atoms with E-state index in [1.807, 2.05) is 0 Å². The molecule has 8 nitrogen and oxygen atoms in total. The molecule has 0 spiro atoms. The van der Waals surface area contributed by atoms with E-state index in [0.29, 0.717) is 10.9 Å². The number of hydrogen-bond donors (Lipinski definition) is 1. The second-order valence-corrected chi connectivity index (χ2v) is 7.09. The molecule has 1 heterocycles. The van der Waals surface area contributed by atoms with Crippen molar-refractivity contribution in [1.29, 1.82) is 0 Å². The first-order valence-corrected chi connectivity index (χ1v) is 9.31. The first-order chi connectivity index (χ1) is 13.9. The maximum atomic E-state index is 12.6. The van der Waals surface area contributed by atoms with E-state index in [1.54, 1.807) is 62.4 Å². The van der Waals surface area contributed by atoms with Gasteiger partial charge in [-0.15, -0.1) is 5.10 Å². The smallest absolute Gasteiger partial charge is 0.330 e. The number of ether oxygens (including phenoxy) is 1. The van der Waals surface area contributed by atoms with Crippen LogP contribution in [0.2, 0.25) is 5.02 Å². The third kappa shape index (κ3) is 4.60. The van der Waals surface area contributed by atoms with Crippen molar-refractivity contribution in [2.45, 2.75) is 26.6 Å². The summed E-state index contributed by atoms with van der Waals surface area (Å²) in [6.45, 7) is 3.11. The van der Waals surface area contributed by atoms with E-state index in [2.05, 4.69) is 15.6 Å². The van der Waals surface area contributed by atoms with Crippen molar-refractivity contribution in [3.05, 3.63) is 69.5 Å². The minimum Gasteiger partial charge on any atom is -0.441 e. The molecule has 1 N–H and O–H groups in total. The third-order valence-electron chi connectivity index (χ3n) is 4.28. The molecule has 1 atom stereocenters. The van der Waals surface area contributed by atoms with Gasteiger partial charge in [-0.2, -0.15) is 4.68 Å². The van der Waals surface area contributed by atoms with E-state index in [9.17, 15) is 14.4 Å². The normalized spacial score (nSPS) is 12.0. The van der Waals surface area contributed by atoms with Crippen molar-refractivity contribution in [2.75, 3.05) is 0 Å². The largest absolute Gasteiger partial charge is 0.441 e. The van der Waals surface area contributed by atoms with Crippen molar-refractivity contribution < 1.29 is 14.3 Å². The third-order valence-corrected chi connectivity index (χ3v) is 4.61. The molecule has 1 aromatic heterocycles. The Bertz CT molecular complexity index is 1110. The number of esters is 1. The Hall–Kier alpha value is -3.26. The zero-order chi connectivity index (χ0) is 21.0. The summed E-state index contributed by atoms with van der Waals surface area (Å²) in [6.07, 6.45) is 0. The molecule has 2 aromatic carbocycles. The van der Waals surface area contributed by atoms with E-state index in [-0.39, 0.29) is 16.5 Å². The number of carbonyl (C=O) groups is 2. The van der Waals surface area contributed by atoms with Gasteiger partial charge < -0.3 is 10.1 Å². The molecule has 0 saturated heterocycles. The Morgan fingerprint density at radius 1 is 1.14 bits per heavy atom. The average Bonchev–Trinajstić information content (AvgIpc) is 2.71. The van der Waals surface area contributed by atoms with Gasteiger partial charge in [0.25, 0.3) is 11.5 Å². The molecule has 29 heavy (non-hydrogen) atoms. The number of fused-ring (bicyclic) bond motifs is 1. The summed E-state index contributed by atoms with van der Waals surface area (Å²) >= 11 is 6.04. The maximum Gasteiger partial charge on any atom is 0.330 e. The molecule has 9 heteroatoms. The zero-order valence-electron chi connectivity index (χ0n) is 15.8. The Balaban J connectivity index is 1.72. The van der Waals surface area contributed by atoms with Gasteiger partial charge in [-0.05, 0) is 30.2 Å². The number of carbonyl (C=O) groups excluding carboxylic acids is 2. The van der Waals surface area contributed by atoms with Crippen LogP contribution in [0.25, 0.3) is 10.9 Å². The first-order valence-electron chi connectivity index (χ1n) is 8.93. The summed E-state index contributed by atoms with van der Waals surface area (Å²) in [6, 6.07) is 12.3. The highest BCUT2D eigenvalue weighted by atomic mass is 35.5. The summed E-state index contributed by atoms with van der Waals surface area (Å²) in [4.78, 5) is 37.5. The molecule has 0 saturated carbocycles. The topological polar surface area (TPSA) is 103 Å². The van der Waals surface area contributed by atoms with E-state index in [4.69, 9.17) is 16.3 Å². The monoisotopic (exact) mass is 414 g/mol. The standard InChI is InChI=1S/C20H19ClN4O4/c1-12(2)17(22-18(26)13-7-3-5-9-15(13)21)20(28)29-11-25-19(27)14-8-4-6-10-16(14)23-24-25/h3-10,12,17H,11H2,1-2H3,(H,22,26)/t17-/m0/s1. The van der Waals surface area contributed by atoms with Crippen LogP contribution in [0.4, 0.5) is 0 Å². The molecule has 0 radical (unpaired) electrons. The second kappa shape index (κ2) is 8.83. The molecule has 1 amide bonds. The lowest BCUT2D eigenvalue weighted by Gasteiger charge is -2.21. The second-order valence-electron chi connectivity index (χ2n) is 6.68. The molecule has 0 aliphatic rings. The van der Waals surface area contributed by atoms with Gasteiger partial charge in [0.1, 0.15) is 11.6 Å². The van der Waals surface area contributed by atoms with Crippen molar-refractivity contribution >= 4 is 34.4 Å². The van der Waals surface area contributed by atoms with Gasteiger partial charge >= 0.3 is 5.97 Å². The molecule has 0 fully saturated rings. The molecule has 3 rings (SSSR count). The predicted octanol–water partition coefficient (Wildman–Crippen LogP) is 2.40. The Morgan fingerprint density at radius 2 is 1.83 bits per heavy atom. The van der Waals surface area contributed by atoms with Crippen LogP contribution >= 0.6 is 11.6 Å². The van der Waals surface area contributed by atoms with Crippen LogP contribution in [0.1, 0.15) is 24.2 Å². The van der Waals surface area contributed by atoms with Crippen LogP contribution in [0.3, 0.4) is 0 Å². The summed E-state index contributed by atoms with van der Waals surface area (Å²) in [5.41, 5.74) is 0.279. The van der Waals surface area contributed by atoms with Gasteiger partial charge in [0.2, 0.25) is 0 Å². The fourth-order valence-electron chi connectivity index (χ4n) is 2.68. The molecule has 150 valence electrons. The van der Waals surface area contributed by atoms with E-state index in [1.165, 1.54) is 0 Å². The van der Waals surface area contributed by atoms with Crippen LogP contribution in [0.15, 0.2) is 53.3 Å². The average molecular weight is 415 g/mol. The first kappa shape index (κ1) is 20.5. The van der Waals surface area contributed by atoms with Crippen molar-refractivity contribution in [3.63, 3.8) is 0 Å². The minimum atomic E-state index is -0.928. The van der Waals surface area contributed by atoms with E-state index >= 15 is 0 Å². The maximum absolute atomic E-state index is 12.6. The zero-order valence-corrected chi connectivity index (χ0v) is 16.6. The Kier molecular flexibility index (Phi) is 6.23. The Morgan fingerprint density at radius 3 is 2.55 bits per heavy atom. The highest BCUT2D eigenvalue weighted by Crippen LogP contribution is 2.16. The van der Waals surface area contributed by atoms with E-state index < -0.39 is 30.2 Å². The molecule has 0 aliphatic carbocycles. The van der Waals surface area contributed by atoms with Crippen LogP contribution in [0, 0.1) is 5.92 Å². The van der Waals surface area contributed by atoms with E-state index in [0.717, 1.165) is 4.68 Å². The molecular weight excluding hydrogens is 396 g/mol. The lowest BCUT2D eigenvalue weighted by molar-refractivity contribution is -0.151. The highest BCUT2D eigenvalue weighted by molar-refractivity contribution is 6.33. The SMILES string of the molecule is CC(C)[C@H](NC(=O)c1ccccc1Cl)C(=O)OCn1nnc2ccccc2c1=O. The minimum absolute atomic E-state index is 0.254. The molecule has 0 aliphatic heterocycles. The van der Waals surface area contributed by atoms with Crippen LogP contribution < -0.4 is 10.9 Å². The number of aromatic nitrogens is 3. The lowest BCUT2D eigenvalue weighted by atomic mass is 10.0. The summed E-state index contributed by atoms with van der Waals surface area (Å²) < 4.78 is 6.17. The van der Waals surface area contributed by atoms with Gasteiger partial charge in [0.05, 0.1) is 16.0 Å². The molecule has 0 bridgehead atoms. The van der Waals surface area contributed by atoms with Crippen LogP contribution in [-0.2, 0) is 16.3 Å². The van der Waals surface area contributed by atoms with Gasteiger partial charge in [0.15, 0.2) is 6.73 Å². The summed E-state index contributed by atoms with van der Waals surface area (Å²) in [7, 11) is 0. The van der Waals surface area contributed by atoms with Gasteiger partial charge in [-0.3, -0.25) is 9.59 Å². The highest BCUT2D eigenvalue weighted by Gasteiger charge is 2.27. The van der Waals surface area contributed by atoms with Gasteiger partial charge in [-0.25, -0.2) is 4.79 Å². The van der Waals surface area contributed by atoms with Crippen LogP contribution in [0.5, 0.6) is 0 Å². The molecular formula is C20H19ClN4O4. The molecule has 3 aromatic rings. The van der Waals surface area contributed by atoms with Crippen molar-refractivity contribution in [3.8, 4) is 0 Å². The summed E-state index contributed by atoms with van der Waals surface area (Å²) in [5, 5.41) is 11.0. The fourth-order valence-corrected chi connectivity index (χ4v) is 2.91. The van der Waals surface area contributed by atoms with Gasteiger partial charge in [-0.1, -0.05) is 54.9 Å². The lowest BCUT2D eigenvalue weighted by Crippen LogP contribution is -2.45. The molecule has 0 unspecified atom stereocenters. The Labute approximate surface area is 171 Å². The number of halogens is 1. The number of rotatable bonds is 6. The quantitative estimate of drug-likeness (QED) is 0.621. The number of amides is 1. The van der Waals surface area contributed by atoms with Gasteiger partial charge in [0, 0.05) is 0 Å². The van der Waals surface area contributed by atoms with Crippen molar-refractivity contribution in [1.82, 2.24) is 20.3 Å². The number of nitrogens with zero attached hydrogens (tertiary/aromatic N) is 3. The van der Waals surface area contributed by atoms with Crippen molar-refractivity contribution in [2.24, 2.45) is 5.92 Å². The van der Waals surface area contributed by atoms with Crippen LogP contribution in [-0.4, -0.2) is 32.9 Å². The number of nitrogens with one attached hydrogen (secondary N) is 1. The summed E-state index contributed by atoms with van der Waals surface area (Å²) in [5.74, 6) is -1.44. The predicted molar refractivity (Wildman–Crippen MR) is 107 cm³/mol. The number of benzene rings is 2. The number of hydrogen-bond acceptors (Lipinski definition) is 6.